The molecule has 0 saturated carbocycles. The number of nitrogens with one attached hydrogen (secondary N) is 1. The summed E-state index contributed by atoms with van der Waals surface area (Å²) in [5.74, 6) is 0.152. The lowest BCUT2D eigenvalue weighted by molar-refractivity contribution is 0.0943. The van der Waals surface area contributed by atoms with Gasteiger partial charge in [0.1, 0.15) is 0 Å². The van der Waals surface area contributed by atoms with E-state index in [1.165, 1.54) is 0 Å². The van der Waals surface area contributed by atoms with Crippen LogP contribution in [0.4, 0.5) is 0 Å². The van der Waals surface area contributed by atoms with Crippen LogP contribution in [-0.4, -0.2) is 24.2 Å². The number of rotatable bonds is 6. The van der Waals surface area contributed by atoms with E-state index >= 15 is 0 Å². The van der Waals surface area contributed by atoms with Gasteiger partial charge in [-0.3, -0.25) is 4.79 Å². The van der Waals surface area contributed by atoms with Gasteiger partial charge in [0, 0.05) is 13.2 Å². The highest BCUT2D eigenvalue weighted by Crippen LogP contribution is 2.17. The summed E-state index contributed by atoms with van der Waals surface area (Å²) in [6.07, 6.45) is 1.64. The number of hydrogen-bond acceptors (Lipinski definition) is 2. The molecular formula is C14H20ClNO2. The third-order valence-corrected chi connectivity index (χ3v) is 3.35. The van der Waals surface area contributed by atoms with Crippen LogP contribution in [0.5, 0.6) is 0 Å². The van der Waals surface area contributed by atoms with E-state index in [-0.39, 0.29) is 12.5 Å². The molecule has 3 nitrogen and oxygen atoms in total. The van der Waals surface area contributed by atoms with E-state index in [0.717, 1.165) is 12.0 Å². The van der Waals surface area contributed by atoms with Gasteiger partial charge in [0.05, 0.1) is 10.6 Å². The first-order valence-electron chi connectivity index (χ1n) is 6.23. The van der Waals surface area contributed by atoms with Gasteiger partial charge in [0.2, 0.25) is 0 Å². The first-order valence-corrected chi connectivity index (χ1v) is 6.61. The summed E-state index contributed by atoms with van der Waals surface area (Å²) in [5, 5.41) is 12.2. The first kappa shape index (κ1) is 15.0. The standard InChI is InChI=1S/C14H20ClNO2/c1-3-11(6-7-17)9-16-14(18)12-5-4-10(2)8-13(12)15/h4-5,8,11,17H,3,6-7,9H2,1-2H3,(H,16,18). The predicted octanol–water partition coefficient (Wildman–Crippen LogP) is 2.79. The molecule has 100 valence electrons. The average molecular weight is 270 g/mol. The molecule has 1 rings (SSSR count). The Labute approximate surface area is 113 Å². The summed E-state index contributed by atoms with van der Waals surface area (Å²) in [6, 6.07) is 5.38. The Kier molecular flexibility index (Phi) is 6.16. The van der Waals surface area contributed by atoms with Crippen LogP contribution in [0.25, 0.3) is 0 Å². The molecule has 0 heterocycles. The van der Waals surface area contributed by atoms with Crippen LogP contribution in [0.15, 0.2) is 18.2 Å². The second-order valence-electron chi connectivity index (χ2n) is 4.48. The van der Waals surface area contributed by atoms with Gasteiger partial charge < -0.3 is 10.4 Å². The zero-order valence-corrected chi connectivity index (χ0v) is 11.6. The molecule has 4 heteroatoms. The predicted molar refractivity (Wildman–Crippen MR) is 74.0 cm³/mol. The van der Waals surface area contributed by atoms with E-state index in [1.54, 1.807) is 12.1 Å². The molecule has 0 aliphatic rings. The van der Waals surface area contributed by atoms with E-state index in [1.807, 2.05) is 19.9 Å². The monoisotopic (exact) mass is 269 g/mol. The van der Waals surface area contributed by atoms with Crippen LogP contribution in [0.1, 0.15) is 35.7 Å². The van der Waals surface area contributed by atoms with Gasteiger partial charge in [-0.1, -0.05) is 31.0 Å². The van der Waals surface area contributed by atoms with Gasteiger partial charge >= 0.3 is 0 Å². The molecule has 1 aromatic carbocycles. The molecule has 0 spiro atoms. The summed E-state index contributed by atoms with van der Waals surface area (Å²) in [7, 11) is 0. The summed E-state index contributed by atoms with van der Waals surface area (Å²) in [4.78, 5) is 11.9. The highest BCUT2D eigenvalue weighted by atomic mass is 35.5. The topological polar surface area (TPSA) is 49.3 Å². The minimum Gasteiger partial charge on any atom is -0.396 e. The summed E-state index contributed by atoms with van der Waals surface area (Å²) < 4.78 is 0. The quantitative estimate of drug-likeness (QED) is 0.834. The Morgan fingerprint density at radius 3 is 2.78 bits per heavy atom. The van der Waals surface area contributed by atoms with E-state index in [0.29, 0.717) is 29.5 Å². The Morgan fingerprint density at radius 2 is 2.22 bits per heavy atom. The van der Waals surface area contributed by atoms with Gasteiger partial charge in [0.25, 0.3) is 5.91 Å². The second-order valence-corrected chi connectivity index (χ2v) is 4.89. The molecule has 1 unspecified atom stereocenters. The molecule has 0 fully saturated rings. The Morgan fingerprint density at radius 1 is 1.50 bits per heavy atom. The Hall–Kier alpha value is -1.06. The molecule has 0 bridgehead atoms. The molecule has 0 aliphatic carbocycles. The number of aryl methyl sites for hydroxylation is 1. The molecule has 18 heavy (non-hydrogen) atoms. The molecule has 2 N–H and O–H groups in total. The molecule has 0 aromatic heterocycles. The van der Waals surface area contributed by atoms with E-state index in [4.69, 9.17) is 16.7 Å². The minimum absolute atomic E-state index is 0.152. The maximum atomic E-state index is 11.9. The molecule has 1 atom stereocenters. The van der Waals surface area contributed by atoms with E-state index < -0.39 is 0 Å². The number of amides is 1. The minimum atomic E-state index is -0.156. The van der Waals surface area contributed by atoms with Gasteiger partial charge in [-0.25, -0.2) is 0 Å². The van der Waals surface area contributed by atoms with E-state index in [2.05, 4.69) is 5.32 Å². The maximum Gasteiger partial charge on any atom is 0.252 e. The Bertz CT molecular complexity index is 407. The van der Waals surface area contributed by atoms with Crippen molar-refractivity contribution >= 4 is 17.5 Å². The number of hydrogen-bond donors (Lipinski definition) is 2. The first-order chi connectivity index (χ1) is 8.58. The zero-order valence-electron chi connectivity index (χ0n) is 10.9. The number of carbonyl (C=O) groups is 1. The fourth-order valence-corrected chi connectivity index (χ4v) is 2.09. The normalized spacial score (nSPS) is 12.2. The molecular weight excluding hydrogens is 250 g/mol. The largest absolute Gasteiger partial charge is 0.396 e. The molecule has 0 aliphatic heterocycles. The van der Waals surface area contributed by atoms with Crippen molar-refractivity contribution in [3.63, 3.8) is 0 Å². The van der Waals surface area contributed by atoms with Crippen LogP contribution >= 0.6 is 11.6 Å². The van der Waals surface area contributed by atoms with Gasteiger partial charge in [-0.2, -0.15) is 0 Å². The third-order valence-electron chi connectivity index (χ3n) is 3.04. The number of halogens is 1. The summed E-state index contributed by atoms with van der Waals surface area (Å²) in [5.41, 5.74) is 1.53. The fraction of sp³-hybridized carbons (Fsp3) is 0.500. The lowest BCUT2D eigenvalue weighted by Gasteiger charge is -2.14. The number of benzene rings is 1. The van der Waals surface area contributed by atoms with Crippen molar-refractivity contribution in [3.05, 3.63) is 34.3 Å². The van der Waals surface area contributed by atoms with Crippen molar-refractivity contribution < 1.29 is 9.90 Å². The number of aliphatic hydroxyl groups excluding tert-OH is 1. The SMILES string of the molecule is CCC(CCO)CNC(=O)c1ccc(C)cc1Cl. The van der Waals surface area contributed by atoms with Crippen molar-refractivity contribution in [2.24, 2.45) is 5.92 Å². The summed E-state index contributed by atoms with van der Waals surface area (Å²) in [6.45, 7) is 4.70. The van der Waals surface area contributed by atoms with Crippen molar-refractivity contribution in [1.29, 1.82) is 0 Å². The van der Waals surface area contributed by atoms with Gasteiger partial charge in [-0.05, 0) is 37.0 Å². The van der Waals surface area contributed by atoms with Crippen LogP contribution in [0.2, 0.25) is 5.02 Å². The lowest BCUT2D eigenvalue weighted by Crippen LogP contribution is -2.29. The summed E-state index contributed by atoms with van der Waals surface area (Å²) >= 11 is 6.03. The smallest absolute Gasteiger partial charge is 0.252 e. The van der Waals surface area contributed by atoms with Crippen molar-refractivity contribution in [2.75, 3.05) is 13.2 Å². The third kappa shape index (κ3) is 4.31. The van der Waals surface area contributed by atoms with Gasteiger partial charge in [0.15, 0.2) is 0 Å². The maximum absolute atomic E-state index is 11.9. The molecule has 0 radical (unpaired) electrons. The highest BCUT2D eigenvalue weighted by molar-refractivity contribution is 6.33. The van der Waals surface area contributed by atoms with Crippen molar-refractivity contribution in [3.8, 4) is 0 Å². The highest BCUT2D eigenvalue weighted by Gasteiger charge is 2.12. The van der Waals surface area contributed by atoms with Crippen LogP contribution < -0.4 is 5.32 Å². The zero-order chi connectivity index (χ0) is 13.5. The van der Waals surface area contributed by atoms with Gasteiger partial charge in [-0.15, -0.1) is 0 Å². The second kappa shape index (κ2) is 7.39. The van der Waals surface area contributed by atoms with Crippen molar-refractivity contribution in [1.82, 2.24) is 5.32 Å². The Balaban J connectivity index is 2.59. The van der Waals surface area contributed by atoms with E-state index in [9.17, 15) is 4.79 Å². The number of aliphatic hydroxyl groups is 1. The van der Waals surface area contributed by atoms with Crippen LogP contribution in [0, 0.1) is 12.8 Å². The lowest BCUT2D eigenvalue weighted by atomic mass is 10.0. The molecule has 1 aromatic rings. The van der Waals surface area contributed by atoms with Crippen molar-refractivity contribution in [2.45, 2.75) is 26.7 Å². The number of carbonyl (C=O) groups excluding carboxylic acids is 1. The molecule has 0 saturated heterocycles. The van der Waals surface area contributed by atoms with Crippen LogP contribution in [-0.2, 0) is 0 Å². The molecule has 1 amide bonds. The average Bonchev–Trinajstić information content (AvgIpc) is 2.34. The van der Waals surface area contributed by atoms with Crippen LogP contribution in [0.3, 0.4) is 0 Å². The fourth-order valence-electron chi connectivity index (χ4n) is 1.77.